The highest BCUT2D eigenvalue weighted by Crippen LogP contribution is 2.34. The zero-order valence-electron chi connectivity index (χ0n) is 10.7. The summed E-state index contributed by atoms with van der Waals surface area (Å²) in [5, 5.41) is 21.9. The summed E-state index contributed by atoms with van der Waals surface area (Å²) in [5.74, 6) is -1.31. The number of nitrogens with zero attached hydrogens (tertiary/aromatic N) is 1. The molecule has 10 heteroatoms. The van der Waals surface area contributed by atoms with Crippen molar-refractivity contribution < 1.29 is 32.7 Å². The summed E-state index contributed by atoms with van der Waals surface area (Å²) in [6.07, 6.45) is -5.99. The fourth-order valence-electron chi connectivity index (χ4n) is 1.48. The van der Waals surface area contributed by atoms with Crippen molar-refractivity contribution in [3.05, 3.63) is 33.9 Å². The van der Waals surface area contributed by atoms with Crippen molar-refractivity contribution in [2.24, 2.45) is 0 Å². The van der Waals surface area contributed by atoms with Crippen LogP contribution < -0.4 is 5.32 Å². The molecule has 1 aromatic rings. The number of anilines is 1. The molecule has 2 N–H and O–H groups in total. The van der Waals surface area contributed by atoms with Crippen LogP contribution in [0.4, 0.5) is 24.5 Å². The van der Waals surface area contributed by atoms with Gasteiger partial charge >= 0.3 is 12.1 Å². The smallest absolute Gasteiger partial charge is 0.416 e. The molecule has 0 saturated carbocycles. The number of nitro groups is 1. The third kappa shape index (κ3) is 4.31. The van der Waals surface area contributed by atoms with Gasteiger partial charge in [-0.2, -0.15) is 13.2 Å². The summed E-state index contributed by atoms with van der Waals surface area (Å²) in [7, 11) is 1.13. The summed E-state index contributed by atoms with van der Waals surface area (Å²) in [6.45, 7) is -0.335. The SMILES string of the molecule is COC(CNc1ccc(C(F)(F)F)cc1[N+](=O)[O-])C(=O)O. The van der Waals surface area contributed by atoms with Gasteiger partial charge in [0.15, 0.2) is 6.10 Å². The maximum Gasteiger partial charge on any atom is 0.416 e. The molecule has 116 valence electrons. The van der Waals surface area contributed by atoms with Gasteiger partial charge in [-0.15, -0.1) is 0 Å². The highest BCUT2D eigenvalue weighted by Gasteiger charge is 2.33. The van der Waals surface area contributed by atoms with Gasteiger partial charge in [-0.3, -0.25) is 10.1 Å². The Morgan fingerprint density at radius 3 is 2.57 bits per heavy atom. The number of alkyl halides is 3. The van der Waals surface area contributed by atoms with Crippen molar-refractivity contribution in [1.82, 2.24) is 0 Å². The van der Waals surface area contributed by atoms with Crippen LogP contribution in [-0.4, -0.2) is 35.8 Å². The first-order valence-electron chi connectivity index (χ1n) is 5.52. The maximum absolute atomic E-state index is 12.5. The molecule has 0 heterocycles. The number of methoxy groups -OCH3 is 1. The van der Waals surface area contributed by atoms with Gasteiger partial charge in [0.05, 0.1) is 17.0 Å². The Bertz CT molecular complexity index is 547. The number of carboxylic acids is 1. The lowest BCUT2D eigenvalue weighted by Gasteiger charge is -2.13. The van der Waals surface area contributed by atoms with Crippen LogP contribution in [0.5, 0.6) is 0 Å². The van der Waals surface area contributed by atoms with E-state index < -0.39 is 34.4 Å². The molecule has 0 spiro atoms. The van der Waals surface area contributed by atoms with Gasteiger partial charge in [0, 0.05) is 13.2 Å². The van der Waals surface area contributed by atoms with Crippen LogP contribution >= 0.6 is 0 Å². The lowest BCUT2D eigenvalue weighted by atomic mass is 10.1. The second kappa shape index (κ2) is 6.39. The molecule has 0 amide bonds. The maximum atomic E-state index is 12.5. The van der Waals surface area contributed by atoms with Crippen molar-refractivity contribution in [1.29, 1.82) is 0 Å². The molecule has 21 heavy (non-hydrogen) atoms. The van der Waals surface area contributed by atoms with Crippen LogP contribution in [-0.2, 0) is 15.7 Å². The Morgan fingerprint density at radius 2 is 2.14 bits per heavy atom. The van der Waals surface area contributed by atoms with Gasteiger partial charge in [0.25, 0.3) is 5.69 Å². The monoisotopic (exact) mass is 308 g/mol. The van der Waals surface area contributed by atoms with Crippen molar-refractivity contribution in [3.63, 3.8) is 0 Å². The molecule has 0 saturated heterocycles. The Hall–Kier alpha value is -2.36. The van der Waals surface area contributed by atoms with E-state index in [-0.39, 0.29) is 12.2 Å². The third-order valence-corrected chi connectivity index (χ3v) is 2.56. The molecule has 1 rings (SSSR count). The number of nitrogens with one attached hydrogen (secondary N) is 1. The Balaban J connectivity index is 3.02. The number of carbonyl (C=O) groups is 1. The lowest BCUT2D eigenvalue weighted by molar-refractivity contribution is -0.384. The lowest BCUT2D eigenvalue weighted by Crippen LogP contribution is -2.30. The van der Waals surface area contributed by atoms with Crippen LogP contribution in [0, 0.1) is 10.1 Å². The van der Waals surface area contributed by atoms with E-state index in [0.29, 0.717) is 12.1 Å². The second-order valence-corrected chi connectivity index (χ2v) is 3.93. The van der Waals surface area contributed by atoms with E-state index in [2.05, 4.69) is 10.1 Å². The topological polar surface area (TPSA) is 102 Å². The number of aliphatic carboxylic acids is 1. The number of halogens is 3. The molecule has 0 fully saturated rings. The van der Waals surface area contributed by atoms with E-state index in [0.717, 1.165) is 13.2 Å². The molecule has 1 unspecified atom stereocenters. The first kappa shape index (κ1) is 16.7. The fourth-order valence-corrected chi connectivity index (χ4v) is 1.48. The van der Waals surface area contributed by atoms with E-state index >= 15 is 0 Å². The van der Waals surface area contributed by atoms with Crippen molar-refractivity contribution >= 4 is 17.3 Å². The van der Waals surface area contributed by atoms with Crippen molar-refractivity contribution in [3.8, 4) is 0 Å². The molecule has 0 aliphatic carbocycles. The first-order chi connectivity index (χ1) is 9.66. The standard InChI is InChI=1S/C11H11F3N2O5/c1-21-9(10(17)18)5-15-7-3-2-6(11(12,13)14)4-8(7)16(19)20/h2-4,9,15H,5H2,1H3,(H,17,18). The molecule has 0 bridgehead atoms. The molecule has 0 aliphatic heterocycles. The molecular formula is C11H11F3N2O5. The number of rotatable bonds is 6. The van der Waals surface area contributed by atoms with E-state index in [4.69, 9.17) is 5.11 Å². The minimum absolute atomic E-state index is 0.226. The van der Waals surface area contributed by atoms with Crippen LogP contribution in [0.3, 0.4) is 0 Å². The Labute approximate surface area is 116 Å². The number of hydrogen-bond donors (Lipinski definition) is 2. The van der Waals surface area contributed by atoms with E-state index in [1.807, 2.05) is 0 Å². The van der Waals surface area contributed by atoms with Gasteiger partial charge in [-0.1, -0.05) is 0 Å². The third-order valence-electron chi connectivity index (χ3n) is 2.56. The summed E-state index contributed by atoms with van der Waals surface area (Å²) in [6, 6.07) is 1.92. The van der Waals surface area contributed by atoms with Gasteiger partial charge in [-0.05, 0) is 12.1 Å². The molecule has 1 atom stereocenters. The van der Waals surface area contributed by atoms with Crippen molar-refractivity contribution in [2.75, 3.05) is 19.0 Å². The summed E-state index contributed by atoms with van der Waals surface area (Å²) >= 11 is 0. The zero-order valence-corrected chi connectivity index (χ0v) is 10.7. The van der Waals surface area contributed by atoms with E-state index in [1.165, 1.54) is 0 Å². The Morgan fingerprint density at radius 1 is 1.52 bits per heavy atom. The van der Waals surface area contributed by atoms with Crippen molar-refractivity contribution in [2.45, 2.75) is 12.3 Å². The van der Waals surface area contributed by atoms with Crippen LogP contribution in [0.25, 0.3) is 0 Å². The summed E-state index contributed by atoms with van der Waals surface area (Å²) in [4.78, 5) is 20.5. The van der Waals surface area contributed by atoms with Gasteiger partial charge in [0.2, 0.25) is 0 Å². The fraction of sp³-hybridized carbons (Fsp3) is 0.364. The molecule has 7 nitrogen and oxygen atoms in total. The molecular weight excluding hydrogens is 297 g/mol. The minimum atomic E-state index is -4.71. The molecule has 0 aliphatic rings. The highest BCUT2D eigenvalue weighted by atomic mass is 19.4. The number of benzene rings is 1. The van der Waals surface area contributed by atoms with E-state index in [9.17, 15) is 28.1 Å². The van der Waals surface area contributed by atoms with Crippen LogP contribution in [0.1, 0.15) is 5.56 Å². The predicted octanol–water partition coefficient (Wildman–Crippen LogP) is 2.13. The number of carboxylic acid groups (broad SMARTS) is 1. The van der Waals surface area contributed by atoms with Gasteiger partial charge in [-0.25, -0.2) is 4.79 Å². The average molecular weight is 308 g/mol. The molecule has 0 radical (unpaired) electrons. The normalized spacial score (nSPS) is 12.8. The van der Waals surface area contributed by atoms with Gasteiger partial charge < -0.3 is 15.2 Å². The molecule has 1 aromatic carbocycles. The number of ether oxygens (including phenoxy) is 1. The predicted molar refractivity (Wildman–Crippen MR) is 65.0 cm³/mol. The molecule has 0 aromatic heterocycles. The first-order valence-corrected chi connectivity index (χ1v) is 5.52. The summed E-state index contributed by atoms with van der Waals surface area (Å²) in [5.41, 5.74) is -2.19. The average Bonchev–Trinajstić information content (AvgIpc) is 2.37. The highest BCUT2D eigenvalue weighted by molar-refractivity contribution is 5.73. The zero-order chi connectivity index (χ0) is 16.2. The van der Waals surface area contributed by atoms with Crippen LogP contribution in [0.15, 0.2) is 18.2 Å². The number of hydrogen-bond acceptors (Lipinski definition) is 5. The minimum Gasteiger partial charge on any atom is -0.479 e. The van der Waals surface area contributed by atoms with Crippen LogP contribution in [0.2, 0.25) is 0 Å². The largest absolute Gasteiger partial charge is 0.479 e. The quantitative estimate of drug-likeness (QED) is 0.616. The second-order valence-electron chi connectivity index (χ2n) is 3.93. The van der Waals surface area contributed by atoms with E-state index in [1.54, 1.807) is 0 Å². The van der Waals surface area contributed by atoms with Gasteiger partial charge in [0.1, 0.15) is 5.69 Å². The summed E-state index contributed by atoms with van der Waals surface area (Å²) < 4.78 is 42.1. The Kier molecular flexibility index (Phi) is 5.08. The number of nitro benzene ring substituents is 1.